The van der Waals surface area contributed by atoms with E-state index >= 15 is 0 Å². The normalized spacial score (nSPS) is 11.3. The number of carbonyl (C=O) groups excluding carboxylic acids is 2. The van der Waals surface area contributed by atoms with Gasteiger partial charge in [-0.25, -0.2) is 11.7 Å². The molecule has 0 saturated heterocycles. The van der Waals surface area contributed by atoms with Crippen LogP contribution in [0.2, 0.25) is 0 Å². The molecule has 0 unspecified atom stereocenters. The summed E-state index contributed by atoms with van der Waals surface area (Å²) < 4.78 is 0. The number of aliphatic carboxylic acids is 1. The van der Waals surface area contributed by atoms with Crippen LogP contribution >= 0.6 is 0 Å². The number of unbranched alkanes of at least 4 members (excludes halogenated alkanes) is 15. The molecule has 8 heteroatoms. The highest BCUT2D eigenvalue weighted by molar-refractivity contribution is 6.20. The Bertz CT molecular complexity index is 470. The highest BCUT2D eigenvalue weighted by atomic mass is 16.4. The number of hydrogen-bond donors (Lipinski definition) is 5. The fourth-order valence-electron chi connectivity index (χ4n) is 3.82. The van der Waals surface area contributed by atoms with Crippen LogP contribution in [0.25, 0.3) is 0 Å². The molecule has 0 aliphatic heterocycles. The molecule has 8 nitrogen and oxygen atoms in total. The molecule has 2 amide bonds. The zero-order valence-corrected chi connectivity index (χ0v) is 18.8. The average molecular weight is 429 g/mol. The Labute approximate surface area is 181 Å². The number of rotatable bonds is 20. The molecule has 0 aromatic heterocycles. The number of hydrazine groups is 2. The van der Waals surface area contributed by atoms with Crippen LogP contribution in [0.3, 0.4) is 0 Å². The number of carboxylic acids is 1. The Morgan fingerprint density at radius 2 is 0.933 bits per heavy atom. The standard InChI is InChI=1S/C22H44N4O4/c1-2-3-4-5-6-7-8-9-10-11-12-13-14-15-16-17-18-22(21(29)30,19(27)25-23)20(28)26-24/h2-18,23-24H2,1H3,(H,25,27)(H,26,28)(H,29,30). The third-order valence-electron chi connectivity index (χ3n) is 5.81. The quantitative estimate of drug-likeness (QED) is 0.0656. The van der Waals surface area contributed by atoms with Crippen molar-refractivity contribution in [1.29, 1.82) is 0 Å². The van der Waals surface area contributed by atoms with Gasteiger partial charge in [0.15, 0.2) is 0 Å². The Balaban J connectivity index is 3.79. The molecule has 0 radical (unpaired) electrons. The lowest BCUT2D eigenvalue weighted by Gasteiger charge is -2.25. The van der Waals surface area contributed by atoms with E-state index in [0.29, 0.717) is 6.42 Å². The van der Waals surface area contributed by atoms with Gasteiger partial charge in [-0.1, -0.05) is 110 Å². The summed E-state index contributed by atoms with van der Waals surface area (Å²) in [6, 6.07) is 0. The van der Waals surface area contributed by atoms with Gasteiger partial charge in [0.2, 0.25) is 5.41 Å². The van der Waals surface area contributed by atoms with E-state index in [-0.39, 0.29) is 6.42 Å². The molecule has 0 bridgehead atoms. The van der Waals surface area contributed by atoms with Crippen LogP contribution in [0, 0.1) is 5.41 Å². The van der Waals surface area contributed by atoms with Gasteiger partial charge in [-0.05, 0) is 6.42 Å². The lowest BCUT2D eigenvalue weighted by atomic mass is 9.80. The van der Waals surface area contributed by atoms with Gasteiger partial charge in [-0.15, -0.1) is 0 Å². The van der Waals surface area contributed by atoms with Gasteiger partial charge in [0.25, 0.3) is 11.8 Å². The van der Waals surface area contributed by atoms with Crippen molar-refractivity contribution in [2.45, 2.75) is 116 Å². The highest BCUT2D eigenvalue weighted by Gasteiger charge is 2.52. The summed E-state index contributed by atoms with van der Waals surface area (Å²) in [6.07, 6.45) is 18.9. The first-order valence-electron chi connectivity index (χ1n) is 11.7. The van der Waals surface area contributed by atoms with Gasteiger partial charge >= 0.3 is 5.97 Å². The van der Waals surface area contributed by atoms with E-state index in [1.54, 1.807) is 10.9 Å². The Morgan fingerprint density at radius 1 is 0.633 bits per heavy atom. The van der Waals surface area contributed by atoms with Crippen molar-refractivity contribution in [3.8, 4) is 0 Å². The second-order valence-corrected chi connectivity index (χ2v) is 8.21. The van der Waals surface area contributed by atoms with Crippen molar-refractivity contribution >= 4 is 17.8 Å². The van der Waals surface area contributed by atoms with E-state index in [1.165, 1.54) is 70.6 Å². The van der Waals surface area contributed by atoms with Gasteiger partial charge in [0, 0.05) is 0 Å². The maximum Gasteiger partial charge on any atom is 0.329 e. The molecule has 176 valence electrons. The topological polar surface area (TPSA) is 148 Å². The smallest absolute Gasteiger partial charge is 0.329 e. The third-order valence-corrected chi connectivity index (χ3v) is 5.81. The van der Waals surface area contributed by atoms with Crippen LogP contribution in [0.1, 0.15) is 116 Å². The summed E-state index contributed by atoms with van der Waals surface area (Å²) in [6.45, 7) is 2.25. The van der Waals surface area contributed by atoms with Crippen molar-refractivity contribution in [2.75, 3.05) is 0 Å². The summed E-state index contributed by atoms with van der Waals surface area (Å²) >= 11 is 0. The van der Waals surface area contributed by atoms with Crippen molar-refractivity contribution in [3.63, 3.8) is 0 Å². The van der Waals surface area contributed by atoms with Gasteiger partial charge in [0.05, 0.1) is 0 Å². The molecule has 0 rings (SSSR count). The summed E-state index contributed by atoms with van der Waals surface area (Å²) in [5, 5.41) is 9.42. The minimum Gasteiger partial charge on any atom is -0.480 e. The highest BCUT2D eigenvalue weighted by Crippen LogP contribution is 2.27. The number of nitrogens with one attached hydrogen (secondary N) is 2. The van der Waals surface area contributed by atoms with Crippen LogP contribution in [0.5, 0.6) is 0 Å². The lowest BCUT2D eigenvalue weighted by molar-refractivity contribution is -0.162. The monoisotopic (exact) mass is 428 g/mol. The summed E-state index contributed by atoms with van der Waals surface area (Å²) in [5.41, 5.74) is 1.26. The van der Waals surface area contributed by atoms with Crippen LogP contribution in [0.15, 0.2) is 0 Å². The lowest BCUT2D eigenvalue weighted by Crippen LogP contribution is -2.58. The van der Waals surface area contributed by atoms with E-state index in [9.17, 15) is 19.5 Å². The molecule has 0 spiro atoms. The van der Waals surface area contributed by atoms with Gasteiger partial charge < -0.3 is 5.11 Å². The first-order chi connectivity index (χ1) is 14.5. The first kappa shape index (κ1) is 28.3. The largest absolute Gasteiger partial charge is 0.480 e. The van der Waals surface area contributed by atoms with Gasteiger partial charge in [-0.2, -0.15) is 0 Å². The van der Waals surface area contributed by atoms with Crippen molar-refractivity contribution in [1.82, 2.24) is 10.9 Å². The van der Waals surface area contributed by atoms with Crippen molar-refractivity contribution in [3.05, 3.63) is 0 Å². The zero-order valence-electron chi connectivity index (χ0n) is 18.8. The molecule has 0 aliphatic carbocycles. The Kier molecular flexibility index (Phi) is 17.1. The Morgan fingerprint density at radius 3 is 1.20 bits per heavy atom. The van der Waals surface area contributed by atoms with Crippen LogP contribution in [0.4, 0.5) is 0 Å². The number of nitrogens with two attached hydrogens (primary N) is 2. The molecule has 0 aromatic carbocycles. The molecular weight excluding hydrogens is 384 g/mol. The zero-order chi connectivity index (χ0) is 22.7. The van der Waals surface area contributed by atoms with E-state index in [2.05, 4.69) is 6.92 Å². The molecule has 0 fully saturated rings. The maximum atomic E-state index is 11.9. The predicted molar refractivity (Wildman–Crippen MR) is 119 cm³/mol. The fraction of sp³-hybridized carbons (Fsp3) is 0.864. The SMILES string of the molecule is CCCCCCCCCCCCCCCCCCC(C(=O)O)(C(=O)NN)C(=O)NN. The van der Waals surface area contributed by atoms with Crippen molar-refractivity contribution < 1.29 is 19.5 Å². The second-order valence-electron chi connectivity index (χ2n) is 8.21. The number of carbonyl (C=O) groups is 3. The number of carboxylic acid groups (broad SMARTS) is 1. The van der Waals surface area contributed by atoms with Crippen LogP contribution in [-0.4, -0.2) is 22.9 Å². The van der Waals surface area contributed by atoms with E-state index in [1.807, 2.05) is 0 Å². The molecule has 30 heavy (non-hydrogen) atoms. The summed E-state index contributed by atoms with van der Waals surface area (Å²) in [5.74, 6) is 6.47. The minimum absolute atomic E-state index is 0.132. The number of hydrogen-bond acceptors (Lipinski definition) is 5. The van der Waals surface area contributed by atoms with Crippen molar-refractivity contribution in [2.24, 2.45) is 17.1 Å². The molecule has 0 aromatic rings. The molecule has 7 N–H and O–H groups in total. The maximum absolute atomic E-state index is 11.9. The molecular formula is C22H44N4O4. The Hall–Kier alpha value is -1.67. The van der Waals surface area contributed by atoms with Crippen LogP contribution in [-0.2, 0) is 14.4 Å². The summed E-state index contributed by atoms with van der Waals surface area (Å²) in [4.78, 5) is 35.4. The van der Waals surface area contributed by atoms with Gasteiger partial charge in [-0.3, -0.25) is 25.2 Å². The average Bonchev–Trinajstić information content (AvgIpc) is 2.74. The van der Waals surface area contributed by atoms with E-state index < -0.39 is 23.2 Å². The summed E-state index contributed by atoms with van der Waals surface area (Å²) in [7, 11) is 0. The minimum atomic E-state index is -2.28. The van der Waals surface area contributed by atoms with Gasteiger partial charge in [0.1, 0.15) is 0 Å². The first-order valence-corrected chi connectivity index (χ1v) is 11.7. The number of amides is 2. The molecule has 0 saturated carbocycles. The van der Waals surface area contributed by atoms with Crippen LogP contribution < -0.4 is 22.5 Å². The molecule has 0 aliphatic rings. The molecule has 0 atom stereocenters. The predicted octanol–water partition coefficient (Wildman–Crippen LogP) is 3.69. The fourth-order valence-corrected chi connectivity index (χ4v) is 3.82. The third kappa shape index (κ3) is 10.9. The van der Waals surface area contributed by atoms with E-state index in [0.717, 1.165) is 25.7 Å². The van der Waals surface area contributed by atoms with E-state index in [4.69, 9.17) is 11.7 Å². The molecule has 0 heterocycles. The second kappa shape index (κ2) is 18.1.